The van der Waals surface area contributed by atoms with Crippen LogP contribution in [-0.2, 0) is 4.74 Å². The molecule has 2 aliphatic heterocycles. The number of hydrogen-bond donors (Lipinski definition) is 3. The average Bonchev–Trinajstić information content (AvgIpc) is 3.40. The summed E-state index contributed by atoms with van der Waals surface area (Å²) in [6.07, 6.45) is 4.50. The van der Waals surface area contributed by atoms with E-state index in [2.05, 4.69) is 30.1 Å². The lowest BCUT2D eigenvalue weighted by atomic mass is 9.92. The van der Waals surface area contributed by atoms with Gasteiger partial charge in [0.15, 0.2) is 5.58 Å². The second-order valence-corrected chi connectivity index (χ2v) is 10.1. The summed E-state index contributed by atoms with van der Waals surface area (Å²) >= 11 is 0. The zero-order valence-corrected chi connectivity index (χ0v) is 21.7. The van der Waals surface area contributed by atoms with Gasteiger partial charge < -0.3 is 35.1 Å². The first-order valence-electron chi connectivity index (χ1n) is 13.1. The standard InChI is InChI=1S/C28H31N7O4/c1-17-15-35(16-19(29)27(17)36)23-6-7-30-14-22(23)33-28(37)20-3-4-24-21(32-20)12-25(39-24)18-2-5-26(31-13-18)34-8-10-38-11-9-34/h2-7,12-14,17,19,27,36H,8-11,15-16,29H2,1H3,(H,33,37)/t17-,19+,27+/m0/s1. The summed E-state index contributed by atoms with van der Waals surface area (Å²) in [4.78, 5) is 30.8. The molecule has 2 aliphatic rings. The summed E-state index contributed by atoms with van der Waals surface area (Å²) in [5.41, 5.74) is 9.74. The summed E-state index contributed by atoms with van der Waals surface area (Å²) in [6.45, 7) is 6.09. The molecule has 0 saturated carbocycles. The fraction of sp³-hybridized carbons (Fsp3) is 0.357. The van der Waals surface area contributed by atoms with E-state index < -0.39 is 6.10 Å². The van der Waals surface area contributed by atoms with Gasteiger partial charge in [-0.2, -0.15) is 0 Å². The monoisotopic (exact) mass is 529 g/mol. The van der Waals surface area contributed by atoms with Crippen LogP contribution >= 0.6 is 0 Å². The van der Waals surface area contributed by atoms with Crippen LogP contribution in [0.25, 0.3) is 22.4 Å². The van der Waals surface area contributed by atoms with E-state index in [4.69, 9.17) is 14.9 Å². The second kappa shape index (κ2) is 10.6. The van der Waals surface area contributed by atoms with E-state index in [1.54, 1.807) is 30.7 Å². The minimum absolute atomic E-state index is 0.00408. The molecule has 39 heavy (non-hydrogen) atoms. The number of nitrogens with zero attached hydrogens (tertiary/aromatic N) is 5. The largest absolute Gasteiger partial charge is 0.454 e. The highest BCUT2D eigenvalue weighted by Crippen LogP contribution is 2.31. The Kier molecular flexibility index (Phi) is 6.86. The number of aromatic nitrogens is 3. The van der Waals surface area contributed by atoms with Gasteiger partial charge in [-0.05, 0) is 30.3 Å². The van der Waals surface area contributed by atoms with Gasteiger partial charge in [0.2, 0.25) is 0 Å². The van der Waals surface area contributed by atoms with Crippen LogP contribution in [0.2, 0.25) is 0 Å². The predicted molar refractivity (Wildman–Crippen MR) is 148 cm³/mol. The molecule has 4 aromatic rings. The molecule has 4 aromatic heterocycles. The molecule has 202 valence electrons. The topological polar surface area (TPSA) is 143 Å². The summed E-state index contributed by atoms with van der Waals surface area (Å²) < 4.78 is 11.4. The number of aliphatic hydroxyl groups excluding tert-OH is 1. The van der Waals surface area contributed by atoms with Gasteiger partial charge in [0.1, 0.15) is 22.8 Å². The van der Waals surface area contributed by atoms with Crippen LogP contribution in [0.4, 0.5) is 17.2 Å². The van der Waals surface area contributed by atoms with Gasteiger partial charge in [0.05, 0.1) is 36.9 Å². The number of rotatable bonds is 5. The first kappa shape index (κ1) is 25.2. The number of amides is 1. The molecule has 2 saturated heterocycles. The lowest BCUT2D eigenvalue weighted by Gasteiger charge is -2.40. The number of piperidine rings is 1. The van der Waals surface area contributed by atoms with Crippen LogP contribution < -0.4 is 20.9 Å². The van der Waals surface area contributed by atoms with Crippen LogP contribution in [0.5, 0.6) is 0 Å². The van der Waals surface area contributed by atoms with E-state index >= 15 is 0 Å². The summed E-state index contributed by atoms with van der Waals surface area (Å²) in [6, 6.07) is 10.6. The Labute approximate surface area is 225 Å². The number of morpholine rings is 1. The number of anilines is 3. The summed E-state index contributed by atoms with van der Waals surface area (Å²) in [7, 11) is 0. The second-order valence-electron chi connectivity index (χ2n) is 10.1. The third kappa shape index (κ3) is 5.16. The number of pyridine rings is 3. The maximum Gasteiger partial charge on any atom is 0.274 e. The highest BCUT2D eigenvalue weighted by molar-refractivity contribution is 6.05. The van der Waals surface area contributed by atoms with Gasteiger partial charge in [0.25, 0.3) is 5.91 Å². The molecular weight excluding hydrogens is 498 g/mol. The predicted octanol–water partition coefficient (Wildman–Crippen LogP) is 2.52. The number of hydrogen-bond acceptors (Lipinski definition) is 10. The Morgan fingerprint density at radius 2 is 1.95 bits per heavy atom. The van der Waals surface area contributed by atoms with E-state index in [-0.39, 0.29) is 23.6 Å². The van der Waals surface area contributed by atoms with E-state index in [0.717, 1.165) is 30.2 Å². The van der Waals surface area contributed by atoms with E-state index in [0.29, 0.717) is 48.9 Å². The molecule has 6 heterocycles. The van der Waals surface area contributed by atoms with Gasteiger partial charge >= 0.3 is 0 Å². The molecule has 0 aromatic carbocycles. The van der Waals surface area contributed by atoms with Crippen molar-refractivity contribution in [3.63, 3.8) is 0 Å². The number of furan rings is 1. The number of ether oxygens (including phenoxy) is 1. The minimum Gasteiger partial charge on any atom is -0.454 e. The minimum atomic E-state index is -0.560. The van der Waals surface area contributed by atoms with E-state index in [9.17, 15) is 9.90 Å². The van der Waals surface area contributed by atoms with Crippen molar-refractivity contribution in [3.8, 4) is 11.3 Å². The molecule has 0 bridgehead atoms. The quantitative estimate of drug-likeness (QED) is 0.353. The molecule has 11 nitrogen and oxygen atoms in total. The Hall–Kier alpha value is -4.06. The van der Waals surface area contributed by atoms with Gasteiger partial charge in [-0.25, -0.2) is 9.97 Å². The van der Waals surface area contributed by atoms with Crippen molar-refractivity contribution in [2.45, 2.75) is 19.1 Å². The van der Waals surface area contributed by atoms with Crippen molar-refractivity contribution < 1.29 is 19.1 Å². The summed E-state index contributed by atoms with van der Waals surface area (Å²) in [5.74, 6) is 1.17. The van der Waals surface area contributed by atoms with Gasteiger partial charge in [-0.15, -0.1) is 0 Å². The van der Waals surface area contributed by atoms with Crippen LogP contribution in [0.1, 0.15) is 17.4 Å². The molecule has 3 atom stereocenters. The van der Waals surface area contributed by atoms with Crippen LogP contribution in [0.15, 0.2) is 59.4 Å². The van der Waals surface area contributed by atoms with Gasteiger partial charge in [-0.1, -0.05) is 6.92 Å². The molecule has 0 radical (unpaired) electrons. The summed E-state index contributed by atoms with van der Waals surface area (Å²) in [5, 5.41) is 13.2. The molecule has 1 amide bonds. The number of nitrogens with two attached hydrogens (primary N) is 1. The zero-order valence-electron chi connectivity index (χ0n) is 21.7. The highest BCUT2D eigenvalue weighted by atomic mass is 16.5. The van der Waals surface area contributed by atoms with Crippen LogP contribution in [0.3, 0.4) is 0 Å². The van der Waals surface area contributed by atoms with Crippen molar-refractivity contribution in [1.29, 1.82) is 0 Å². The Balaban J connectivity index is 1.19. The van der Waals surface area contributed by atoms with E-state index in [1.807, 2.05) is 31.2 Å². The van der Waals surface area contributed by atoms with Gasteiger partial charge in [0, 0.05) is 62.2 Å². The van der Waals surface area contributed by atoms with E-state index in [1.165, 1.54) is 0 Å². The lowest BCUT2D eigenvalue weighted by molar-refractivity contribution is 0.0785. The van der Waals surface area contributed by atoms with Crippen LogP contribution in [0, 0.1) is 5.92 Å². The normalized spacial score (nSPS) is 21.8. The Morgan fingerprint density at radius 3 is 2.72 bits per heavy atom. The highest BCUT2D eigenvalue weighted by Gasteiger charge is 2.32. The fourth-order valence-electron chi connectivity index (χ4n) is 5.16. The first-order valence-corrected chi connectivity index (χ1v) is 13.1. The number of aliphatic hydroxyl groups is 1. The molecule has 2 fully saturated rings. The Morgan fingerprint density at radius 1 is 1.10 bits per heavy atom. The Bertz CT molecular complexity index is 1460. The van der Waals surface area contributed by atoms with Gasteiger partial charge in [-0.3, -0.25) is 9.78 Å². The molecule has 6 rings (SSSR count). The van der Waals surface area contributed by atoms with Crippen molar-refractivity contribution in [2.24, 2.45) is 11.7 Å². The van der Waals surface area contributed by atoms with Crippen molar-refractivity contribution in [1.82, 2.24) is 15.0 Å². The van der Waals surface area contributed by atoms with Crippen molar-refractivity contribution in [3.05, 3.63) is 60.7 Å². The number of nitrogens with one attached hydrogen (secondary N) is 1. The maximum atomic E-state index is 13.2. The lowest BCUT2D eigenvalue weighted by Crippen LogP contribution is -2.55. The van der Waals surface area contributed by atoms with Crippen molar-refractivity contribution >= 4 is 34.2 Å². The third-order valence-electron chi connectivity index (χ3n) is 7.32. The molecule has 11 heteroatoms. The molecule has 4 N–H and O–H groups in total. The number of carbonyl (C=O) groups excluding carboxylic acids is 1. The molecule has 0 unspecified atom stereocenters. The first-order chi connectivity index (χ1) is 19.0. The molecular formula is C28H31N7O4. The van der Waals surface area contributed by atoms with Crippen LogP contribution in [-0.4, -0.2) is 77.5 Å². The SMILES string of the molecule is C[C@H]1CN(c2ccncc2NC(=O)c2ccc3oc(-c4ccc(N5CCOCC5)nc4)cc3n2)C[C@@H](N)[C@@H]1O. The third-order valence-corrected chi connectivity index (χ3v) is 7.32. The maximum absolute atomic E-state index is 13.2. The zero-order chi connectivity index (χ0) is 26.9. The number of carbonyl (C=O) groups is 1. The molecule has 0 aliphatic carbocycles. The number of fused-ring (bicyclic) bond motifs is 1. The van der Waals surface area contributed by atoms with Crippen molar-refractivity contribution in [2.75, 3.05) is 54.5 Å². The molecule has 0 spiro atoms. The smallest absolute Gasteiger partial charge is 0.274 e. The average molecular weight is 530 g/mol. The fourth-order valence-corrected chi connectivity index (χ4v) is 5.16.